The number of hydrogen-bond acceptors (Lipinski definition) is 2. The van der Waals surface area contributed by atoms with Crippen LogP contribution in [-0.2, 0) is 15.0 Å². The highest BCUT2D eigenvalue weighted by Gasteiger charge is 2.50. The first kappa shape index (κ1) is 12.6. The summed E-state index contributed by atoms with van der Waals surface area (Å²) in [5, 5.41) is 2.82. The van der Waals surface area contributed by atoms with E-state index >= 15 is 0 Å². The lowest BCUT2D eigenvalue weighted by Gasteiger charge is -2.40. The number of carbonyl (C=O) groups is 2. The highest BCUT2D eigenvalue weighted by Crippen LogP contribution is 2.32. The third-order valence-electron chi connectivity index (χ3n) is 3.65. The number of nitrogens with zero attached hydrogens (tertiary/aromatic N) is 1. The van der Waals surface area contributed by atoms with E-state index < -0.39 is 5.41 Å². The van der Waals surface area contributed by atoms with Crippen LogP contribution in [0.15, 0.2) is 30.3 Å². The van der Waals surface area contributed by atoms with Crippen LogP contribution in [0.1, 0.15) is 25.8 Å². The number of rotatable bonds is 3. The minimum atomic E-state index is -1.06. The van der Waals surface area contributed by atoms with E-state index in [0.29, 0.717) is 19.6 Å². The Morgan fingerprint density at radius 2 is 1.89 bits per heavy atom. The fourth-order valence-electron chi connectivity index (χ4n) is 2.51. The molecule has 18 heavy (non-hydrogen) atoms. The van der Waals surface area contributed by atoms with E-state index in [-0.39, 0.29) is 11.8 Å². The molecule has 1 atom stereocenters. The third kappa shape index (κ3) is 1.68. The normalized spacial score (nSPS) is 24.0. The van der Waals surface area contributed by atoms with Gasteiger partial charge >= 0.3 is 0 Å². The maximum atomic E-state index is 12.6. The molecule has 0 aliphatic carbocycles. The van der Waals surface area contributed by atoms with Crippen LogP contribution in [0.25, 0.3) is 0 Å². The summed E-state index contributed by atoms with van der Waals surface area (Å²) in [5.74, 6) is -0.284. The summed E-state index contributed by atoms with van der Waals surface area (Å²) in [6.07, 6.45) is 0.470. The Morgan fingerprint density at radius 1 is 1.22 bits per heavy atom. The van der Waals surface area contributed by atoms with Crippen molar-refractivity contribution in [2.75, 3.05) is 13.2 Å². The lowest BCUT2D eigenvalue weighted by molar-refractivity contribution is -0.150. The third-order valence-corrected chi connectivity index (χ3v) is 3.65. The van der Waals surface area contributed by atoms with Gasteiger partial charge in [-0.1, -0.05) is 37.3 Å². The summed E-state index contributed by atoms with van der Waals surface area (Å²) in [7, 11) is 0. The second kappa shape index (κ2) is 4.80. The van der Waals surface area contributed by atoms with Gasteiger partial charge in [-0.05, 0) is 18.9 Å². The molecule has 1 heterocycles. The average molecular weight is 246 g/mol. The molecule has 0 aromatic heterocycles. The van der Waals surface area contributed by atoms with E-state index in [4.69, 9.17) is 0 Å². The van der Waals surface area contributed by atoms with Gasteiger partial charge in [-0.25, -0.2) is 0 Å². The zero-order valence-electron chi connectivity index (χ0n) is 10.8. The van der Waals surface area contributed by atoms with E-state index in [1.165, 1.54) is 0 Å². The van der Waals surface area contributed by atoms with Gasteiger partial charge < -0.3 is 10.2 Å². The summed E-state index contributed by atoms with van der Waals surface area (Å²) < 4.78 is 0. The van der Waals surface area contributed by atoms with Crippen molar-refractivity contribution in [3.8, 4) is 0 Å². The molecule has 0 bridgehead atoms. The molecule has 0 spiro atoms. The molecule has 1 aromatic carbocycles. The quantitative estimate of drug-likeness (QED) is 0.816. The van der Waals surface area contributed by atoms with Gasteiger partial charge in [-0.3, -0.25) is 9.59 Å². The van der Waals surface area contributed by atoms with Crippen LogP contribution in [0.2, 0.25) is 0 Å². The van der Waals surface area contributed by atoms with E-state index in [1.807, 2.05) is 44.2 Å². The number of amides is 2. The van der Waals surface area contributed by atoms with Crippen molar-refractivity contribution >= 4 is 11.8 Å². The molecule has 0 radical (unpaired) electrons. The van der Waals surface area contributed by atoms with Crippen LogP contribution < -0.4 is 5.32 Å². The Hall–Kier alpha value is -1.84. The second-order valence-electron chi connectivity index (χ2n) is 4.45. The monoisotopic (exact) mass is 246 g/mol. The molecule has 4 heteroatoms. The average Bonchev–Trinajstić information content (AvgIpc) is 2.41. The summed E-state index contributed by atoms with van der Waals surface area (Å²) in [5.41, 5.74) is -0.289. The largest absolute Gasteiger partial charge is 0.337 e. The first-order valence-electron chi connectivity index (χ1n) is 6.30. The summed E-state index contributed by atoms with van der Waals surface area (Å²) in [6.45, 7) is 4.71. The van der Waals surface area contributed by atoms with E-state index in [1.54, 1.807) is 4.90 Å². The van der Waals surface area contributed by atoms with Gasteiger partial charge in [0.05, 0.1) is 6.67 Å². The molecule has 96 valence electrons. The van der Waals surface area contributed by atoms with E-state index in [0.717, 1.165) is 5.56 Å². The second-order valence-corrected chi connectivity index (χ2v) is 4.45. The fourth-order valence-corrected chi connectivity index (χ4v) is 2.51. The molecular weight excluding hydrogens is 228 g/mol. The van der Waals surface area contributed by atoms with Gasteiger partial charge in [0.1, 0.15) is 0 Å². The zero-order chi connectivity index (χ0) is 13.2. The molecule has 1 aliphatic heterocycles. The molecule has 2 amide bonds. The number of nitrogens with one attached hydrogen (secondary N) is 1. The first-order valence-corrected chi connectivity index (χ1v) is 6.30. The molecule has 1 N–H and O–H groups in total. The van der Waals surface area contributed by atoms with Crippen LogP contribution in [0.4, 0.5) is 0 Å². The van der Waals surface area contributed by atoms with Crippen molar-refractivity contribution in [1.82, 2.24) is 10.2 Å². The van der Waals surface area contributed by atoms with Crippen molar-refractivity contribution in [3.63, 3.8) is 0 Å². The highest BCUT2D eigenvalue weighted by molar-refractivity contribution is 6.12. The van der Waals surface area contributed by atoms with Crippen molar-refractivity contribution in [1.29, 1.82) is 0 Å². The van der Waals surface area contributed by atoms with Gasteiger partial charge in [0, 0.05) is 6.54 Å². The summed E-state index contributed by atoms with van der Waals surface area (Å²) in [4.78, 5) is 26.5. The van der Waals surface area contributed by atoms with Crippen LogP contribution in [0, 0.1) is 0 Å². The first-order chi connectivity index (χ1) is 8.66. The van der Waals surface area contributed by atoms with Gasteiger partial charge in [0.15, 0.2) is 5.41 Å². The van der Waals surface area contributed by atoms with Crippen molar-refractivity contribution in [3.05, 3.63) is 35.9 Å². The Labute approximate surface area is 107 Å². The molecule has 1 aromatic rings. The van der Waals surface area contributed by atoms with E-state index in [2.05, 4.69) is 5.32 Å². The molecule has 1 unspecified atom stereocenters. The number of carbonyl (C=O) groups excluding carboxylic acids is 2. The zero-order valence-corrected chi connectivity index (χ0v) is 10.8. The van der Waals surface area contributed by atoms with Crippen molar-refractivity contribution in [2.24, 2.45) is 0 Å². The molecule has 1 aliphatic rings. The minimum absolute atomic E-state index is 0.0950. The molecule has 2 rings (SSSR count). The highest BCUT2D eigenvalue weighted by atomic mass is 16.2. The molecule has 1 fully saturated rings. The number of likely N-dealkylation sites (N-methyl/N-ethyl adjacent to an activating group) is 1. The van der Waals surface area contributed by atoms with Gasteiger partial charge in [-0.2, -0.15) is 0 Å². The Balaban J connectivity index is 2.52. The maximum Gasteiger partial charge on any atom is 0.244 e. The van der Waals surface area contributed by atoms with E-state index in [9.17, 15) is 9.59 Å². The molecule has 0 saturated carbocycles. The van der Waals surface area contributed by atoms with Gasteiger partial charge in [0.2, 0.25) is 11.8 Å². The Bertz CT molecular complexity index is 458. The minimum Gasteiger partial charge on any atom is -0.337 e. The maximum absolute atomic E-state index is 12.6. The Kier molecular flexibility index (Phi) is 3.36. The summed E-state index contributed by atoms with van der Waals surface area (Å²) >= 11 is 0. The smallest absolute Gasteiger partial charge is 0.244 e. The summed E-state index contributed by atoms with van der Waals surface area (Å²) in [6, 6.07) is 9.30. The lowest BCUT2D eigenvalue weighted by atomic mass is 9.75. The van der Waals surface area contributed by atoms with Crippen LogP contribution in [-0.4, -0.2) is 29.9 Å². The standard InChI is InChI=1S/C14H18N2O2/c1-3-14(11-8-6-5-7-9-11)12(17)15-10-16(4-2)13(14)18/h5-9H,3-4,10H2,1-2H3,(H,15,17). The van der Waals surface area contributed by atoms with Crippen molar-refractivity contribution < 1.29 is 9.59 Å². The van der Waals surface area contributed by atoms with Crippen LogP contribution >= 0.6 is 0 Å². The van der Waals surface area contributed by atoms with Crippen molar-refractivity contribution in [2.45, 2.75) is 25.7 Å². The SMILES string of the molecule is CCN1CNC(=O)C(CC)(c2ccccc2)C1=O. The number of hydrogen-bond donors (Lipinski definition) is 1. The molecule has 1 saturated heterocycles. The predicted molar refractivity (Wildman–Crippen MR) is 68.8 cm³/mol. The lowest BCUT2D eigenvalue weighted by Crippen LogP contribution is -2.63. The Morgan fingerprint density at radius 3 is 2.44 bits per heavy atom. The van der Waals surface area contributed by atoms with Gasteiger partial charge in [-0.15, -0.1) is 0 Å². The van der Waals surface area contributed by atoms with Gasteiger partial charge in [0.25, 0.3) is 0 Å². The topological polar surface area (TPSA) is 49.4 Å². The van der Waals surface area contributed by atoms with Crippen LogP contribution in [0.5, 0.6) is 0 Å². The van der Waals surface area contributed by atoms with Crippen LogP contribution in [0.3, 0.4) is 0 Å². The molecule has 4 nitrogen and oxygen atoms in total. The fraction of sp³-hybridized carbons (Fsp3) is 0.429. The number of benzene rings is 1. The molecular formula is C14H18N2O2. The predicted octanol–water partition coefficient (Wildman–Crippen LogP) is 1.27.